The van der Waals surface area contributed by atoms with Gasteiger partial charge in [-0.2, -0.15) is 0 Å². The Morgan fingerprint density at radius 2 is 1.56 bits per heavy atom. The second kappa shape index (κ2) is 12.9. The van der Waals surface area contributed by atoms with Crippen LogP contribution in [0.25, 0.3) is 22.5 Å². The van der Waals surface area contributed by atoms with Crippen LogP contribution in [-0.2, 0) is 26.5 Å². The molecule has 0 aliphatic carbocycles. The molecule has 0 saturated carbocycles. The van der Waals surface area contributed by atoms with Gasteiger partial charge in [0.05, 0.1) is 8.07 Å². The maximum Gasteiger partial charge on any atom is 0.0798 e. The second-order valence-corrected chi connectivity index (χ2v) is 14.2. The fourth-order valence-corrected chi connectivity index (χ4v) is 5.12. The zero-order chi connectivity index (χ0) is 27.3. The Hall–Kier alpha value is -2.39. The normalized spacial score (nSPS) is 14.6. The predicted octanol–water partition coefficient (Wildman–Crippen LogP) is 7.15. The monoisotopic (exact) mass is 647 g/mol. The first-order chi connectivity index (χ1) is 17.3. The number of rotatable bonds is 5. The van der Waals surface area contributed by atoms with E-state index >= 15 is 0 Å². The van der Waals surface area contributed by atoms with Crippen LogP contribution in [0.15, 0.2) is 79.1 Å². The van der Waals surface area contributed by atoms with Crippen LogP contribution < -0.4 is 5.19 Å². The van der Waals surface area contributed by atoms with E-state index in [0.29, 0.717) is 0 Å². The first-order valence-corrected chi connectivity index (χ1v) is 14.6. The number of pyridine rings is 2. The van der Waals surface area contributed by atoms with Gasteiger partial charge in [0.15, 0.2) is 0 Å². The Bertz CT molecular complexity index is 1310. The number of aryl methyl sites for hydroxylation is 1. The van der Waals surface area contributed by atoms with Crippen molar-refractivity contribution >= 4 is 13.3 Å². The number of hydrogen-bond acceptors (Lipinski definition) is 2. The summed E-state index contributed by atoms with van der Waals surface area (Å²) >= 11 is 0. The van der Waals surface area contributed by atoms with Crippen molar-refractivity contribution in [3.05, 3.63) is 102 Å². The summed E-state index contributed by atoms with van der Waals surface area (Å²) in [4.78, 5) is 8.85. The summed E-state index contributed by atoms with van der Waals surface area (Å²) in [5, 5.41) is 1.12. The van der Waals surface area contributed by atoms with E-state index in [1.54, 1.807) is 0 Å². The van der Waals surface area contributed by atoms with Crippen molar-refractivity contribution in [2.45, 2.75) is 46.8 Å². The molecule has 0 fully saturated rings. The predicted molar refractivity (Wildman–Crippen MR) is 143 cm³/mol. The van der Waals surface area contributed by atoms with E-state index in [1.165, 1.54) is 12.5 Å². The topological polar surface area (TPSA) is 25.8 Å². The van der Waals surface area contributed by atoms with Crippen LogP contribution in [0.5, 0.6) is 0 Å². The van der Waals surface area contributed by atoms with Gasteiger partial charge in [-0.3, -0.25) is 0 Å². The van der Waals surface area contributed by atoms with Crippen LogP contribution in [0.2, 0.25) is 19.6 Å². The molecule has 4 rings (SSSR count). The van der Waals surface area contributed by atoms with Gasteiger partial charge in [-0.25, -0.2) is 0 Å². The van der Waals surface area contributed by atoms with Gasteiger partial charge in [0, 0.05) is 38.0 Å². The first kappa shape index (κ1) is 22.1. The SMILES string of the molecule is Cc1ccnc(-c2[c-]cccc2)c1.[2H]C([2H])([2H])C([2H])(C)Cc1cc(-c2[c-]cccc2)ncc1[Si](C)(C)C.[Ir]. The number of aromatic nitrogens is 2. The average Bonchev–Trinajstić information content (AvgIpc) is 2.84. The standard InChI is InChI=1S/C18H24NSi.C12H10N.Ir/c1-14(2)11-16-12-17(15-9-7-6-8-10-15)19-13-18(16)20(3,4)5;1-10-7-8-13-12(9-10)11-5-3-2-4-6-11;/h6-9,12-14H,11H2,1-5H3;2-5,7-9H,1H3;/q2*-1;/i1D3,14D;;. The summed E-state index contributed by atoms with van der Waals surface area (Å²) in [5.74, 6) is -1.53. The summed E-state index contributed by atoms with van der Waals surface area (Å²) in [5.41, 5.74) is 5.83. The van der Waals surface area contributed by atoms with E-state index in [4.69, 9.17) is 5.48 Å². The van der Waals surface area contributed by atoms with Crippen molar-refractivity contribution in [1.29, 1.82) is 0 Å². The van der Waals surface area contributed by atoms with Gasteiger partial charge in [0.2, 0.25) is 0 Å². The molecular formula is C30H34IrN2Si-2. The summed E-state index contributed by atoms with van der Waals surface area (Å²) in [6.07, 6.45) is 3.88. The third-order valence-corrected chi connectivity index (χ3v) is 7.20. The Morgan fingerprint density at radius 3 is 2.06 bits per heavy atom. The van der Waals surface area contributed by atoms with Gasteiger partial charge in [0.1, 0.15) is 0 Å². The molecule has 34 heavy (non-hydrogen) atoms. The van der Waals surface area contributed by atoms with Crippen molar-refractivity contribution < 1.29 is 25.6 Å². The summed E-state index contributed by atoms with van der Waals surface area (Å²) < 4.78 is 31.3. The summed E-state index contributed by atoms with van der Waals surface area (Å²) in [7, 11) is -1.70. The van der Waals surface area contributed by atoms with Gasteiger partial charge in [-0.1, -0.05) is 56.7 Å². The minimum Gasteiger partial charge on any atom is -0.305 e. The van der Waals surface area contributed by atoms with Gasteiger partial charge >= 0.3 is 0 Å². The zero-order valence-electron chi connectivity index (χ0n) is 24.4. The minimum absolute atomic E-state index is 0. The van der Waals surface area contributed by atoms with Crippen LogP contribution in [0.4, 0.5) is 0 Å². The quantitative estimate of drug-likeness (QED) is 0.170. The first-order valence-electron chi connectivity index (χ1n) is 13.1. The van der Waals surface area contributed by atoms with E-state index in [9.17, 15) is 0 Å². The molecule has 0 aliphatic rings. The van der Waals surface area contributed by atoms with Crippen LogP contribution in [0, 0.1) is 25.0 Å². The summed E-state index contributed by atoms with van der Waals surface area (Å²) in [6, 6.07) is 27.8. The van der Waals surface area contributed by atoms with E-state index in [0.717, 1.165) is 33.3 Å². The van der Waals surface area contributed by atoms with Crippen LogP contribution >= 0.6 is 0 Å². The Balaban J connectivity index is 0.000000305. The molecule has 0 spiro atoms. The molecule has 0 saturated heterocycles. The molecule has 1 radical (unpaired) electrons. The Labute approximate surface area is 225 Å². The molecule has 2 aromatic heterocycles. The van der Waals surface area contributed by atoms with Crippen LogP contribution in [0.1, 0.15) is 30.4 Å². The third kappa shape index (κ3) is 8.12. The molecule has 1 atom stereocenters. The smallest absolute Gasteiger partial charge is 0.0798 e. The maximum atomic E-state index is 8.32. The largest absolute Gasteiger partial charge is 0.305 e. The number of hydrogen-bond donors (Lipinski definition) is 0. The van der Waals surface area contributed by atoms with E-state index in [2.05, 4.69) is 54.7 Å². The molecule has 0 bridgehead atoms. The molecule has 179 valence electrons. The zero-order valence-corrected chi connectivity index (χ0v) is 23.8. The fraction of sp³-hybridized carbons (Fsp3) is 0.267. The molecule has 0 aliphatic heterocycles. The maximum absolute atomic E-state index is 8.32. The molecule has 4 aromatic rings. The van der Waals surface area contributed by atoms with Crippen molar-refractivity contribution in [1.82, 2.24) is 9.97 Å². The molecule has 4 heteroatoms. The van der Waals surface area contributed by atoms with Gasteiger partial charge < -0.3 is 9.97 Å². The van der Waals surface area contributed by atoms with Gasteiger partial charge in [-0.05, 0) is 41.9 Å². The van der Waals surface area contributed by atoms with Crippen LogP contribution in [-0.4, -0.2) is 18.0 Å². The molecule has 2 heterocycles. The van der Waals surface area contributed by atoms with Crippen molar-refractivity contribution in [3.63, 3.8) is 0 Å². The Morgan fingerprint density at radius 1 is 0.941 bits per heavy atom. The fourth-order valence-electron chi connectivity index (χ4n) is 3.54. The molecule has 2 nitrogen and oxygen atoms in total. The van der Waals surface area contributed by atoms with Crippen molar-refractivity contribution in [2.75, 3.05) is 0 Å². The third-order valence-electron chi connectivity index (χ3n) is 5.14. The average molecular weight is 647 g/mol. The molecule has 0 N–H and O–H groups in total. The molecule has 2 aromatic carbocycles. The Kier molecular flexibility index (Phi) is 8.38. The van der Waals surface area contributed by atoms with Crippen molar-refractivity contribution in [3.8, 4) is 22.5 Å². The molecule has 1 unspecified atom stereocenters. The van der Waals surface area contributed by atoms with E-state index in [-0.39, 0.29) is 26.5 Å². The molecular weight excluding hydrogens is 609 g/mol. The van der Waals surface area contributed by atoms with Crippen LogP contribution in [0.3, 0.4) is 0 Å². The molecule has 0 amide bonds. The van der Waals surface area contributed by atoms with E-state index < -0.39 is 20.8 Å². The van der Waals surface area contributed by atoms with Crippen molar-refractivity contribution in [2.24, 2.45) is 5.89 Å². The summed E-state index contributed by atoms with van der Waals surface area (Å²) in [6.45, 7) is 7.85. The van der Waals surface area contributed by atoms with Gasteiger partial charge in [-0.15, -0.1) is 71.8 Å². The van der Waals surface area contributed by atoms with Gasteiger partial charge in [0.25, 0.3) is 0 Å². The minimum atomic E-state index is -2.33. The number of nitrogens with zero attached hydrogens (tertiary/aromatic N) is 2. The number of benzene rings is 2. The van der Waals surface area contributed by atoms with E-state index in [1.807, 2.05) is 73.1 Å². The second-order valence-electron chi connectivity index (χ2n) is 9.20.